The molecule has 6 heteroatoms. The summed E-state index contributed by atoms with van der Waals surface area (Å²) in [6.07, 6.45) is 5.13. The molecule has 18 heavy (non-hydrogen) atoms. The molecule has 1 aromatic heterocycles. The van der Waals surface area contributed by atoms with Crippen LogP contribution in [0.25, 0.3) is 0 Å². The summed E-state index contributed by atoms with van der Waals surface area (Å²) in [6.45, 7) is 6.52. The number of hydrogen-bond acceptors (Lipinski definition) is 4. The lowest BCUT2D eigenvalue weighted by Gasteiger charge is -2.24. The summed E-state index contributed by atoms with van der Waals surface area (Å²) >= 11 is 5.50. The first-order valence-electron chi connectivity index (χ1n) is 6.68. The molecule has 0 N–H and O–H groups in total. The first-order chi connectivity index (χ1) is 8.69. The first-order valence-corrected chi connectivity index (χ1v) is 7.08. The molecular formula is C12H23N5S. The Morgan fingerprint density at radius 3 is 2.44 bits per heavy atom. The minimum Gasteiger partial charge on any atom is -0.366 e. The van der Waals surface area contributed by atoms with Gasteiger partial charge in [-0.1, -0.05) is 26.1 Å². The minimum absolute atomic E-state index is 0.885. The second kappa shape index (κ2) is 8.13. The number of aryl methyl sites for hydroxylation is 2. The molecule has 5 nitrogen and oxygen atoms in total. The molecule has 0 saturated heterocycles. The molecule has 0 aliphatic heterocycles. The van der Waals surface area contributed by atoms with Gasteiger partial charge in [-0.15, -0.1) is 5.10 Å². The Bertz CT molecular complexity index is 357. The van der Waals surface area contributed by atoms with Gasteiger partial charge in [-0.3, -0.25) is 0 Å². The van der Waals surface area contributed by atoms with Crippen molar-refractivity contribution in [2.24, 2.45) is 7.05 Å². The Kier molecular flexibility index (Phi) is 6.78. The molecule has 0 spiro atoms. The van der Waals surface area contributed by atoms with E-state index in [1.54, 1.807) is 4.68 Å². The van der Waals surface area contributed by atoms with Crippen LogP contribution in [0.5, 0.6) is 0 Å². The van der Waals surface area contributed by atoms with Gasteiger partial charge in [0.15, 0.2) is 5.82 Å². The molecule has 0 fully saturated rings. The summed E-state index contributed by atoms with van der Waals surface area (Å²) in [5, 5.41) is 11.4. The van der Waals surface area contributed by atoms with E-state index in [9.17, 15) is 0 Å². The third-order valence-corrected chi connectivity index (χ3v) is 3.30. The maximum absolute atomic E-state index is 5.50. The van der Waals surface area contributed by atoms with Crippen LogP contribution in [0.1, 0.15) is 45.4 Å². The summed E-state index contributed by atoms with van der Waals surface area (Å²) in [5.74, 6) is 0.926. The van der Waals surface area contributed by atoms with Crippen molar-refractivity contribution in [1.82, 2.24) is 25.1 Å². The highest BCUT2D eigenvalue weighted by Gasteiger charge is 2.08. The zero-order chi connectivity index (χ0) is 13.4. The zero-order valence-electron chi connectivity index (χ0n) is 11.6. The van der Waals surface area contributed by atoms with Gasteiger partial charge in [0, 0.05) is 26.6 Å². The van der Waals surface area contributed by atoms with Crippen LogP contribution in [0.3, 0.4) is 0 Å². The molecule has 0 amide bonds. The smallest absolute Gasteiger partial charge is 0.150 e. The molecule has 0 atom stereocenters. The molecule has 1 rings (SSSR count). The maximum atomic E-state index is 5.50. The SMILES string of the molecule is CCCN(CCC)C(=S)CCCc1nnnn1C. The fourth-order valence-electron chi connectivity index (χ4n) is 1.92. The Balaban J connectivity index is 2.33. The van der Waals surface area contributed by atoms with Crippen molar-refractivity contribution in [1.29, 1.82) is 0 Å². The topological polar surface area (TPSA) is 46.8 Å². The van der Waals surface area contributed by atoms with Gasteiger partial charge in [0.05, 0.1) is 4.99 Å². The average Bonchev–Trinajstić information content (AvgIpc) is 2.75. The highest BCUT2D eigenvalue weighted by atomic mass is 32.1. The van der Waals surface area contributed by atoms with Gasteiger partial charge in [0.25, 0.3) is 0 Å². The van der Waals surface area contributed by atoms with E-state index in [1.165, 1.54) is 0 Å². The Hall–Kier alpha value is -1.04. The van der Waals surface area contributed by atoms with Gasteiger partial charge in [-0.05, 0) is 36.1 Å². The van der Waals surface area contributed by atoms with E-state index in [0.29, 0.717) is 0 Å². The second-order valence-electron chi connectivity index (χ2n) is 4.45. The van der Waals surface area contributed by atoms with Gasteiger partial charge in [-0.2, -0.15) is 0 Å². The van der Waals surface area contributed by atoms with E-state index in [4.69, 9.17) is 12.2 Å². The van der Waals surface area contributed by atoms with E-state index in [2.05, 4.69) is 34.3 Å². The molecule has 0 unspecified atom stereocenters. The van der Waals surface area contributed by atoms with Gasteiger partial charge < -0.3 is 4.90 Å². The van der Waals surface area contributed by atoms with E-state index < -0.39 is 0 Å². The van der Waals surface area contributed by atoms with Gasteiger partial charge in [0.2, 0.25) is 0 Å². The average molecular weight is 269 g/mol. The van der Waals surface area contributed by atoms with Crippen LogP contribution in [-0.2, 0) is 13.5 Å². The van der Waals surface area contributed by atoms with Crippen LogP contribution < -0.4 is 0 Å². The lowest BCUT2D eigenvalue weighted by atomic mass is 10.2. The quantitative estimate of drug-likeness (QED) is 0.675. The lowest BCUT2D eigenvalue weighted by Crippen LogP contribution is -2.31. The van der Waals surface area contributed by atoms with Crippen LogP contribution in [0, 0.1) is 0 Å². The summed E-state index contributed by atoms with van der Waals surface area (Å²) in [5.41, 5.74) is 0. The minimum atomic E-state index is 0.885. The monoisotopic (exact) mass is 269 g/mol. The number of tetrazole rings is 1. The zero-order valence-corrected chi connectivity index (χ0v) is 12.4. The highest BCUT2D eigenvalue weighted by Crippen LogP contribution is 2.06. The predicted molar refractivity (Wildman–Crippen MR) is 76.5 cm³/mol. The number of nitrogens with zero attached hydrogens (tertiary/aromatic N) is 5. The number of thiocarbonyl (C=S) groups is 1. The van der Waals surface area contributed by atoms with Crippen molar-refractivity contribution in [3.63, 3.8) is 0 Å². The van der Waals surface area contributed by atoms with E-state index >= 15 is 0 Å². The molecule has 102 valence electrons. The largest absolute Gasteiger partial charge is 0.366 e. The van der Waals surface area contributed by atoms with Gasteiger partial charge >= 0.3 is 0 Å². The van der Waals surface area contributed by atoms with Crippen molar-refractivity contribution in [3.8, 4) is 0 Å². The Morgan fingerprint density at radius 2 is 1.94 bits per heavy atom. The maximum Gasteiger partial charge on any atom is 0.150 e. The van der Waals surface area contributed by atoms with Crippen molar-refractivity contribution in [2.75, 3.05) is 13.1 Å². The van der Waals surface area contributed by atoms with Crippen LogP contribution in [0.4, 0.5) is 0 Å². The summed E-state index contributed by atoms with van der Waals surface area (Å²) in [4.78, 5) is 3.40. The number of rotatable bonds is 8. The number of hydrogen-bond donors (Lipinski definition) is 0. The number of aromatic nitrogens is 4. The molecule has 0 aliphatic rings. The van der Waals surface area contributed by atoms with Crippen molar-refractivity contribution < 1.29 is 0 Å². The van der Waals surface area contributed by atoms with Gasteiger partial charge in [-0.25, -0.2) is 4.68 Å². The third kappa shape index (κ3) is 4.68. The lowest BCUT2D eigenvalue weighted by molar-refractivity contribution is 0.414. The van der Waals surface area contributed by atoms with Crippen LogP contribution in [0.2, 0.25) is 0 Å². The molecule has 1 heterocycles. The molecule has 0 aliphatic carbocycles. The van der Waals surface area contributed by atoms with Crippen LogP contribution in [0.15, 0.2) is 0 Å². The van der Waals surface area contributed by atoms with E-state index in [-0.39, 0.29) is 0 Å². The van der Waals surface area contributed by atoms with E-state index in [1.807, 2.05) is 7.05 Å². The fourth-order valence-corrected chi connectivity index (χ4v) is 2.24. The summed E-state index contributed by atoms with van der Waals surface area (Å²) in [7, 11) is 1.87. The van der Waals surface area contributed by atoms with Crippen molar-refractivity contribution in [3.05, 3.63) is 5.82 Å². The summed E-state index contributed by atoms with van der Waals surface area (Å²) in [6, 6.07) is 0. The van der Waals surface area contributed by atoms with Crippen molar-refractivity contribution >= 4 is 17.2 Å². The predicted octanol–water partition coefficient (Wildman–Crippen LogP) is 1.98. The fraction of sp³-hybridized carbons (Fsp3) is 0.833. The van der Waals surface area contributed by atoms with Gasteiger partial charge in [0.1, 0.15) is 0 Å². The third-order valence-electron chi connectivity index (χ3n) is 2.84. The Labute approximate surface area is 115 Å². The van der Waals surface area contributed by atoms with Crippen molar-refractivity contribution in [2.45, 2.75) is 46.0 Å². The molecule has 0 saturated carbocycles. The van der Waals surface area contributed by atoms with Crippen LogP contribution in [-0.4, -0.2) is 43.2 Å². The molecule has 1 aromatic rings. The van der Waals surface area contributed by atoms with E-state index in [0.717, 1.165) is 56.0 Å². The molecule has 0 bridgehead atoms. The highest BCUT2D eigenvalue weighted by molar-refractivity contribution is 7.80. The molecular weight excluding hydrogens is 246 g/mol. The Morgan fingerprint density at radius 1 is 1.28 bits per heavy atom. The second-order valence-corrected chi connectivity index (χ2v) is 4.92. The normalized spacial score (nSPS) is 10.6. The molecule has 0 radical (unpaired) electrons. The standard InChI is InChI=1S/C12H23N5S/c1-4-9-17(10-5-2)12(18)8-6-7-11-13-14-15-16(11)3/h4-10H2,1-3H3. The summed E-state index contributed by atoms with van der Waals surface area (Å²) < 4.78 is 1.72. The van der Waals surface area contributed by atoms with Crippen LogP contribution >= 0.6 is 12.2 Å². The first kappa shape index (κ1) is 15.0. The molecule has 0 aromatic carbocycles.